The van der Waals surface area contributed by atoms with Gasteiger partial charge in [-0.15, -0.1) is 11.6 Å². The zero-order chi connectivity index (χ0) is 13.4. The molecule has 2 aromatic carbocycles. The molecule has 0 aliphatic heterocycles. The minimum atomic E-state index is 0.156. The predicted molar refractivity (Wildman–Crippen MR) is 83.8 cm³/mol. The van der Waals surface area contributed by atoms with Crippen molar-refractivity contribution in [2.75, 3.05) is 0 Å². The molecule has 3 unspecified atom stereocenters. The summed E-state index contributed by atoms with van der Waals surface area (Å²) in [6.07, 6.45) is 3.94. The van der Waals surface area contributed by atoms with Gasteiger partial charge < -0.3 is 0 Å². The van der Waals surface area contributed by atoms with Crippen LogP contribution in [0.3, 0.4) is 0 Å². The molecule has 0 bridgehead atoms. The van der Waals surface area contributed by atoms with Crippen molar-refractivity contribution in [3.63, 3.8) is 0 Å². The highest BCUT2D eigenvalue weighted by Crippen LogP contribution is 2.45. The minimum Gasteiger partial charge on any atom is -0.117 e. The second kappa shape index (κ2) is 5.17. The van der Waals surface area contributed by atoms with Crippen LogP contribution in [0.2, 0.25) is 0 Å². The van der Waals surface area contributed by atoms with E-state index in [9.17, 15) is 0 Å². The smallest absolute Gasteiger partial charge is 0.0621 e. The first kappa shape index (κ1) is 13.0. The Morgan fingerprint density at radius 1 is 1.05 bits per heavy atom. The molecule has 0 amide bonds. The molecule has 3 rings (SSSR count). The molecule has 1 aliphatic rings. The third kappa shape index (κ3) is 2.27. The SMILES string of the molecule is Cc1ccc(C(Cl)C2CCCC2C)c2ccccc12. The second-order valence-electron chi connectivity index (χ2n) is 5.99. The van der Waals surface area contributed by atoms with Gasteiger partial charge in [0.2, 0.25) is 0 Å². The molecule has 100 valence electrons. The van der Waals surface area contributed by atoms with E-state index in [0.717, 1.165) is 5.92 Å². The maximum atomic E-state index is 6.84. The van der Waals surface area contributed by atoms with Crippen LogP contribution in [0, 0.1) is 18.8 Å². The standard InChI is InChI=1S/C18H21Cl/c1-12-6-5-9-15(12)18(19)17-11-10-13(2)14-7-3-4-8-16(14)17/h3-4,7-8,10-12,15,18H,5-6,9H2,1-2H3. The van der Waals surface area contributed by atoms with Gasteiger partial charge in [0.1, 0.15) is 0 Å². The van der Waals surface area contributed by atoms with Crippen LogP contribution in [-0.4, -0.2) is 0 Å². The van der Waals surface area contributed by atoms with Crippen LogP contribution in [0.5, 0.6) is 0 Å². The molecule has 0 nitrogen and oxygen atoms in total. The molecule has 0 N–H and O–H groups in total. The average molecular weight is 273 g/mol. The molecule has 1 aliphatic carbocycles. The lowest BCUT2D eigenvalue weighted by atomic mass is 9.87. The fourth-order valence-corrected chi connectivity index (χ4v) is 4.12. The van der Waals surface area contributed by atoms with Crippen LogP contribution < -0.4 is 0 Å². The largest absolute Gasteiger partial charge is 0.117 e. The number of halogens is 1. The van der Waals surface area contributed by atoms with Crippen LogP contribution in [0.25, 0.3) is 10.8 Å². The fourth-order valence-electron chi connectivity index (χ4n) is 3.55. The Kier molecular flexibility index (Phi) is 3.54. The lowest BCUT2D eigenvalue weighted by Gasteiger charge is -2.23. The quantitative estimate of drug-likeness (QED) is 0.600. The molecule has 0 heterocycles. The molecule has 0 aromatic heterocycles. The van der Waals surface area contributed by atoms with Gasteiger partial charge in [0, 0.05) is 0 Å². The molecule has 2 aromatic rings. The summed E-state index contributed by atoms with van der Waals surface area (Å²) in [5, 5.41) is 2.83. The molecule has 1 heteroatoms. The van der Waals surface area contributed by atoms with Gasteiger partial charge in [-0.1, -0.05) is 56.2 Å². The molecule has 19 heavy (non-hydrogen) atoms. The van der Waals surface area contributed by atoms with Gasteiger partial charge in [-0.2, -0.15) is 0 Å². The van der Waals surface area contributed by atoms with E-state index in [1.807, 2.05) is 0 Å². The Bertz CT molecular complexity index is 587. The summed E-state index contributed by atoms with van der Waals surface area (Å²) < 4.78 is 0. The molecule has 0 radical (unpaired) electrons. The second-order valence-corrected chi connectivity index (χ2v) is 6.46. The first-order chi connectivity index (χ1) is 9.18. The van der Waals surface area contributed by atoms with Gasteiger partial charge >= 0.3 is 0 Å². The first-order valence-corrected chi connectivity index (χ1v) is 7.74. The van der Waals surface area contributed by atoms with E-state index < -0.39 is 0 Å². The Labute approximate surface area is 120 Å². The number of hydrogen-bond donors (Lipinski definition) is 0. The third-order valence-corrected chi connectivity index (χ3v) is 5.34. The van der Waals surface area contributed by atoms with Crippen molar-refractivity contribution in [2.24, 2.45) is 11.8 Å². The summed E-state index contributed by atoms with van der Waals surface area (Å²) in [6, 6.07) is 13.1. The maximum Gasteiger partial charge on any atom is 0.0621 e. The fraction of sp³-hybridized carbons (Fsp3) is 0.444. The molecular weight excluding hydrogens is 252 g/mol. The van der Waals surface area contributed by atoms with E-state index in [1.165, 1.54) is 41.2 Å². The highest BCUT2D eigenvalue weighted by atomic mass is 35.5. The summed E-state index contributed by atoms with van der Waals surface area (Å²) >= 11 is 6.84. The van der Waals surface area contributed by atoms with Gasteiger partial charge in [0.05, 0.1) is 5.38 Å². The third-order valence-electron chi connectivity index (χ3n) is 4.78. The zero-order valence-electron chi connectivity index (χ0n) is 11.7. The number of hydrogen-bond acceptors (Lipinski definition) is 0. The van der Waals surface area contributed by atoms with Crippen LogP contribution in [0.15, 0.2) is 36.4 Å². The van der Waals surface area contributed by atoms with Crippen LogP contribution in [0.4, 0.5) is 0 Å². The Balaban J connectivity index is 2.07. The Hall–Kier alpha value is -1.01. The monoisotopic (exact) mass is 272 g/mol. The number of rotatable bonds is 2. The number of alkyl halides is 1. The van der Waals surface area contributed by atoms with Crippen LogP contribution >= 0.6 is 11.6 Å². The van der Waals surface area contributed by atoms with Crippen molar-refractivity contribution in [2.45, 2.75) is 38.5 Å². The predicted octanol–water partition coefficient (Wildman–Crippen LogP) is 5.86. The van der Waals surface area contributed by atoms with Crippen molar-refractivity contribution in [1.82, 2.24) is 0 Å². The Morgan fingerprint density at radius 3 is 2.47 bits per heavy atom. The van der Waals surface area contributed by atoms with Crippen LogP contribution in [0.1, 0.15) is 42.7 Å². The molecular formula is C18H21Cl. The molecule has 1 saturated carbocycles. The Morgan fingerprint density at radius 2 is 1.79 bits per heavy atom. The van der Waals surface area contributed by atoms with E-state index in [1.54, 1.807) is 0 Å². The lowest BCUT2D eigenvalue weighted by Crippen LogP contribution is -2.11. The summed E-state index contributed by atoms with van der Waals surface area (Å²) in [6.45, 7) is 4.52. The van der Waals surface area contributed by atoms with Gasteiger partial charge in [-0.3, -0.25) is 0 Å². The van der Waals surface area contributed by atoms with Gasteiger partial charge in [-0.05, 0) is 47.1 Å². The van der Waals surface area contributed by atoms with Crippen molar-refractivity contribution in [3.05, 3.63) is 47.5 Å². The maximum absolute atomic E-state index is 6.84. The van der Waals surface area contributed by atoms with Crippen molar-refractivity contribution in [1.29, 1.82) is 0 Å². The highest BCUT2D eigenvalue weighted by Gasteiger charge is 2.31. The lowest BCUT2D eigenvalue weighted by molar-refractivity contribution is 0.407. The van der Waals surface area contributed by atoms with Crippen LogP contribution in [-0.2, 0) is 0 Å². The topological polar surface area (TPSA) is 0 Å². The molecule has 1 fully saturated rings. The van der Waals surface area contributed by atoms with E-state index >= 15 is 0 Å². The zero-order valence-corrected chi connectivity index (χ0v) is 12.5. The summed E-state index contributed by atoms with van der Waals surface area (Å²) in [5.41, 5.74) is 2.66. The van der Waals surface area contributed by atoms with Gasteiger partial charge in [0.15, 0.2) is 0 Å². The average Bonchev–Trinajstić information content (AvgIpc) is 2.85. The first-order valence-electron chi connectivity index (χ1n) is 7.31. The number of fused-ring (bicyclic) bond motifs is 1. The summed E-state index contributed by atoms with van der Waals surface area (Å²) in [5.74, 6) is 1.38. The number of benzene rings is 2. The molecule has 0 saturated heterocycles. The summed E-state index contributed by atoms with van der Waals surface area (Å²) in [4.78, 5) is 0. The van der Waals surface area contributed by atoms with Gasteiger partial charge in [-0.25, -0.2) is 0 Å². The minimum absolute atomic E-state index is 0.156. The summed E-state index contributed by atoms with van der Waals surface area (Å²) in [7, 11) is 0. The number of aryl methyl sites for hydroxylation is 1. The van der Waals surface area contributed by atoms with E-state index in [4.69, 9.17) is 11.6 Å². The highest BCUT2D eigenvalue weighted by molar-refractivity contribution is 6.22. The normalized spacial score (nSPS) is 24.8. The molecule has 0 spiro atoms. The van der Waals surface area contributed by atoms with E-state index in [-0.39, 0.29) is 5.38 Å². The van der Waals surface area contributed by atoms with Gasteiger partial charge in [0.25, 0.3) is 0 Å². The van der Waals surface area contributed by atoms with E-state index in [2.05, 4.69) is 50.2 Å². The van der Waals surface area contributed by atoms with Crippen molar-refractivity contribution in [3.8, 4) is 0 Å². The molecule has 3 atom stereocenters. The van der Waals surface area contributed by atoms with Crippen molar-refractivity contribution >= 4 is 22.4 Å². The van der Waals surface area contributed by atoms with Crippen molar-refractivity contribution < 1.29 is 0 Å². The van der Waals surface area contributed by atoms with E-state index in [0.29, 0.717) is 5.92 Å².